The zero-order valence-electron chi connectivity index (χ0n) is 12.0. The summed E-state index contributed by atoms with van der Waals surface area (Å²) in [5.74, 6) is 1.80. The van der Waals surface area contributed by atoms with Crippen LogP contribution in [0.15, 0.2) is 12.2 Å². The van der Waals surface area contributed by atoms with Gasteiger partial charge < -0.3 is 5.32 Å². The van der Waals surface area contributed by atoms with Crippen molar-refractivity contribution < 1.29 is 4.79 Å². The number of hydrogen-bond acceptors (Lipinski definition) is 1. The van der Waals surface area contributed by atoms with Crippen LogP contribution in [0.1, 0.15) is 52.9 Å². The first-order valence-corrected chi connectivity index (χ1v) is 7.34. The van der Waals surface area contributed by atoms with Crippen molar-refractivity contribution in [2.75, 3.05) is 0 Å². The van der Waals surface area contributed by atoms with Crippen LogP contribution < -0.4 is 5.32 Å². The van der Waals surface area contributed by atoms with Gasteiger partial charge in [0.2, 0.25) is 6.41 Å². The van der Waals surface area contributed by atoms with Gasteiger partial charge in [0.15, 0.2) is 0 Å². The van der Waals surface area contributed by atoms with Crippen molar-refractivity contribution in [1.82, 2.24) is 5.32 Å². The van der Waals surface area contributed by atoms with Crippen LogP contribution in [0.5, 0.6) is 0 Å². The molecular formula is C16H27NO. The summed E-state index contributed by atoms with van der Waals surface area (Å²) in [6.45, 7) is 11.0. The Morgan fingerprint density at radius 1 is 1.39 bits per heavy atom. The van der Waals surface area contributed by atoms with Crippen LogP contribution >= 0.6 is 0 Å². The minimum atomic E-state index is 0.300. The van der Waals surface area contributed by atoms with E-state index in [9.17, 15) is 4.79 Å². The Labute approximate surface area is 111 Å². The van der Waals surface area contributed by atoms with E-state index in [1.165, 1.54) is 37.7 Å². The van der Waals surface area contributed by atoms with Crippen LogP contribution in [0, 0.1) is 23.2 Å². The number of amides is 1. The second kappa shape index (κ2) is 5.07. The lowest BCUT2D eigenvalue weighted by atomic mass is 9.52. The van der Waals surface area contributed by atoms with Gasteiger partial charge in [0.25, 0.3) is 0 Å². The van der Waals surface area contributed by atoms with Crippen molar-refractivity contribution >= 4 is 6.41 Å². The maximum absolute atomic E-state index is 11.0. The fourth-order valence-electron chi connectivity index (χ4n) is 4.71. The highest BCUT2D eigenvalue weighted by atomic mass is 16.1. The van der Waals surface area contributed by atoms with Crippen LogP contribution in [-0.4, -0.2) is 12.5 Å². The van der Waals surface area contributed by atoms with E-state index in [0.29, 0.717) is 29.2 Å². The van der Waals surface area contributed by atoms with Crippen LogP contribution in [0.25, 0.3) is 0 Å². The topological polar surface area (TPSA) is 29.1 Å². The maximum Gasteiger partial charge on any atom is 0.207 e. The Bertz CT molecular complexity index is 338. The van der Waals surface area contributed by atoms with Gasteiger partial charge in [0.1, 0.15) is 0 Å². The number of rotatable bonds is 3. The summed E-state index contributed by atoms with van der Waals surface area (Å²) in [5, 5.41) is 3.13. The Hall–Kier alpha value is -0.790. The first kappa shape index (κ1) is 13.6. The molecule has 1 N–H and O–H groups in total. The van der Waals surface area contributed by atoms with E-state index < -0.39 is 0 Å². The largest absolute Gasteiger partial charge is 0.355 e. The average molecular weight is 249 g/mol. The van der Waals surface area contributed by atoms with Gasteiger partial charge in [-0.2, -0.15) is 0 Å². The molecule has 0 aromatic heterocycles. The first-order chi connectivity index (χ1) is 8.49. The summed E-state index contributed by atoms with van der Waals surface area (Å²) in [5.41, 5.74) is 1.65. The highest BCUT2D eigenvalue weighted by molar-refractivity contribution is 5.47. The van der Waals surface area contributed by atoms with E-state index in [-0.39, 0.29) is 0 Å². The molecule has 0 saturated heterocycles. The third-order valence-electron chi connectivity index (χ3n) is 5.57. The van der Waals surface area contributed by atoms with Crippen molar-refractivity contribution in [2.24, 2.45) is 23.2 Å². The van der Waals surface area contributed by atoms with Gasteiger partial charge in [0, 0.05) is 6.04 Å². The summed E-state index contributed by atoms with van der Waals surface area (Å²) < 4.78 is 0. The number of nitrogens with one attached hydrogen (secondary N) is 1. The quantitative estimate of drug-likeness (QED) is 0.601. The zero-order chi connectivity index (χ0) is 13.3. The second-order valence-electron chi connectivity index (χ2n) is 6.85. The number of fused-ring (bicyclic) bond motifs is 1. The molecule has 1 amide bonds. The molecule has 18 heavy (non-hydrogen) atoms. The van der Waals surface area contributed by atoms with Gasteiger partial charge in [-0.3, -0.25) is 4.79 Å². The van der Waals surface area contributed by atoms with E-state index in [2.05, 4.69) is 32.7 Å². The predicted octanol–water partition coefficient (Wildman–Crippen LogP) is 3.53. The molecule has 0 aromatic carbocycles. The smallest absolute Gasteiger partial charge is 0.207 e. The molecule has 0 heterocycles. The third kappa shape index (κ3) is 2.22. The molecule has 0 unspecified atom stereocenters. The summed E-state index contributed by atoms with van der Waals surface area (Å²) in [6.07, 6.45) is 7.34. The fourth-order valence-corrected chi connectivity index (χ4v) is 4.71. The highest BCUT2D eigenvalue weighted by Crippen LogP contribution is 2.54. The maximum atomic E-state index is 11.0. The van der Waals surface area contributed by atoms with Crippen LogP contribution in [0.3, 0.4) is 0 Å². The Morgan fingerprint density at radius 3 is 2.72 bits per heavy atom. The Kier molecular flexibility index (Phi) is 3.84. The van der Waals surface area contributed by atoms with E-state index in [1.54, 1.807) is 0 Å². The summed E-state index contributed by atoms with van der Waals surface area (Å²) in [7, 11) is 0. The fraction of sp³-hybridized carbons (Fsp3) is 0.812. The summed E-state index contributed by atoms with van der Waals surface area (Å²) in [6, 6.07) is 0.300. The van der Waals surface area contributed by atoms with Gasteiger partial charge in [-0.1, -0.05) is 38.8 Å². The van der Waals surface area contributed by atoms with Gasteiger partial charge >= 0.3 is 0 Å². The molecule has 0 radical (unpaired) electrons. The lowest BCUT2D eigenvalue weighted by Crippen LogP contribution is -2.55. The minimum absolute atomic E-state index is 0.300. The molecule has 2 saturated carbocycles. The average Bonchev–Trinajstić information content (AvgIpc) is 2.28. The SMILES string of the molecule is C=C(C)[C@@H]1CC[C@@]2(C)CCC[C@@H](C)[C@@H]2[C@H]1NC=O. The molecule has 2 aliphatic rings. The molecule has 2 aliphatic carbocycles. The molecule has 2 fully saturated rings. The van der Waals surface area contributed by atoms with Gasteiger partial charge in [-0.25, -0.2) is 0 Å². The van der Waals surface area contributed by atoms with Crippen molar-refractivity contribution in [3.05, 3.63) is 12.2 Å². The molecule has 102 valence electrons. The molecular weight excluding hydrogens is 222 g/mol. The molecule has 5 atom stereocenters. The van der Waals surface area contributed by atoms with E-state index >= 15 is 0 Å². The first-order valence-electron chi connectivity index (χ1n) is 7.34. The summed E-state index contributed by atoms with van der Waals surface area (Å²) >= 11 is 0. The Morgan fingerprint density at radius 2 is 2.11 bits per heavy atom. The van der Waals surface area contributed by atoms with Gasteiger partial charge in [0.05, 0.1) is 0 Å². The highest BCUT2D eigenvalue weighted by Gasteiger charge is 2.50. The molecule has 0 spiro atoms. The zero-order valence-corrected chi connectivity index (χ0v) is 12.0. The molecule has 0 bridgehead atoms. The van der Waals surface area contributed by atoms with Crippen LogP contribution in [0.4, 0.5) is 0 Å². The van der Waals surface area contributed by atoms with Crippen molar-refractivity contribution in [2.45, 2.75) is 58.9 Å². The van der Waals surface area contributed by atoms with Crippen LogP contribution in [-0.2, 0) is 4.79 Å². The lowest BCUT2D eigenvalue weighted by molar-refractivity contribution is -0.113. The number of carbonyl (C=O) groups excluding carboxylic acids is 1. The minimum Gasteiger partial charge on any atom is -0.355 e. The standard InChI is InChI=1S/C16H27NO/c1-11(2)13-7-9-16(4)8-5-6-12(3)14(16)15(13)17-10-18/h10,12-15H,1,5-9H2,2-4H3,(H,17,18)/t12-,13+,14-,15+,16-/m1/s1. The number of carbonyl (C=O) groups is 1. The van der Waals surface area contributed by atoms with Crippen molar-refractivity contribution in [3.8, 4) is 0 Å². The van der Waals surface area contributed by atoms with Crippen molar-refractivity contribution in [1.29, 1.82) is 0 Å². The molecule has 0 aliphatic heterocycles. The van der Waals surface area contributed by atoms with Crippen LogP contribution in [0.2, 0.25) is 0 Å². The lowest BCUT2D eigenvalue weighted by Gasteiger charge is -2.55. The third-order valence-corrected chi connectivity index (χ3v) is 5.57. The molecule has 2 heteroatoms. The Balaban J connectivity index is 2.30. The molecule has 2 nitrogen and oxygen atoms in total. The predicted molar refractivity (Wildman–Crippen MR) is 75.1 cm³/mol. The van der Waals surface area contributed by atoms with Crippen molar-refractivity contribution in [3.63, 3.8) is 0 Å². The molecule has 2 rings (SSSR count). The summed E-state index contributed by atoms with van der Waals surface area (Å²) in [4.78, 5) is 11.0. The monoisotopic (exact) mass is 249 g/mol. The normalized spacial score (nSPS) is 43.9. The second-order valence-corrected chi connectivity index (χ2v) is 6.85. The van der Waals surface area contributed by atoms with Gasteiger partial charge in [-0.15, -0.1) is 0 Å². The van der Waals surface area contributed by atoms with Gasteiger partial charge in [-0.05, 0) is 49.4 Å². The van der Waals surface area contributed by atoms with E-state index in [4.69, 9.17) is 0 Å². The van der Waals surface area contributed by atoms with E-state index in [1.807, 2.05) is 0 Å². The number of hydrogen-bond donors (Lipinski definition) is 1. The van der Waals surface area contributed by atoms with E-state index in [0.717, 1.165) is 6.41 Å². The molecule has 0 aromatic rings.